The summed E-state index contributed by atoms with van der Waals surface area (Å²) in [5, 5.41) is 3.28. The Morgan fingerprint density at radius 3 is 2.89 bits per heavy atom. The van der Waals surface area contributed by atoms with E-state index in [0.29, 0.717) is 11.9 Å². The van der Waals surface area contributed by atoms with Gasteiger partial charge in [0.1, 0.15) is 5.82 Å². The molecule has 1 atom stereocenters. The summed E-state index contributed by atoms with van der Waals surface area (Å²) >= 11 is 0. The third-order valence-corrected chi connectivity index (χ3v) is 2.91. The van der Waals surface area contributed by atoms with E-state index in [1.165, 1.54) is 32.8 Å². The summed E-state index contributed by atoms with van der Waals surface area (Å²) in [6, 6.07) is 2.09. The maximum Gasteiger partial charge on any atom is 0.376 e. The number of anilines is 1. The van der Waals surface area contributed by atoms with Crippen LogP contribution in [0.15, 0.2) is 12.3 Å². The normalized spacial score (nSPS) is 11.9. The number of esters is 1. The Morgan fingerprint density at radius 2 is 2.21 bits per heavy atom. The van der Waals surface area contributed by atoms with Gasteiger partial charge in [-0.05, 0) is 19.4 Å². The lowest BCUT2D eigenvalue weighted by Crippen LogP contribution is -2.17. The fourth-order valence-corrected chi connectivity index (χ4v) is 1.83. The molecule has 0 aliphatic carbocycles. The fourth-order valence-electron chi connectivity index (χ4n) is 1.83. The second kappa shape index (κ2) is 8.45. The van der Waals surface area contributed by atoms with Gasteiger partial charge in [-0.3, -0.25) is 0 Å². The zero-order valence-electron chi connectivity index (χ0n) is 12.0. The Balaban J connectivity index is 2.45. The Kier molecular flexibility index (Phi) is 6.85. The molecule has 0 saturated heterocycles. The van der Waals surface area contributed by atoms with Crippen molar-refractivity contribution < 1.29 is 9.53 Å². The average Bonchev–Trinajstić information content (AvgIpc) is 2.43. The topological polar surface area (TPSA) is 64.1 Å². The first kappa shape index (κ1) is 15.4. The minimum Gasteiger partial charge on any atom is -0.463 e. The predicted octanol–water partition coefficient (Wildman–Crippen LogP) is 3.03. The second-order valence-corrected chi connectivity index (χ2v) is 4.65. The van der Waals surface area contributed by atoms with Crippen LogP contribution in [0.1, 0.15) is 56.6 Å². The molecule has 5 nitrogen and oxygen atoms in total. The number of methoxy groups -OCH3 is 1. The minimum atomic E-state index is -0.515. The smallest absolute Gasteiger partial charge is 0.376 e. The molecule has 0 spiro atoms. The summed E-state index contributed by atoms with van der Waals surface area (Å²) < 4.78 is 4.60. The second-order valence-electron chi connectivity index (χ2n) is 4.65. The zero-order valence-corrected chi connectivity index (χ0v) is 12.0. The molecule has 0 aliphatic rings. The van der Waals surface area contributed by atoms with Gasteiger partial charge in [0.2, 0.25) is 5.82 Å². The number of hydrogen-bond acceptors (Lipinski definition) is 5. The van der Waals surface area contributed by atoms with Gasteiger partial charge in [0.15, 0.2) is 0 Å². The Bertz CT molecular complexity index is 396. The van der Waals surface area contributed by atoms with Crippen LogP contribution in [-0.4, -0.2) is 29.1 Å². The molecule has 19 heavy (non-hydrogen) atoms. The van der Waals surface area contributed by atoms with Crippen molar-refractivity contribution in [1.29, 1.82) is 0 Å². The van der Waals surface area contributed by atoms with Crippen molar-refractivity contribution >= 4 is 11.8 Å². The Hall–Kier alpha value is -1.65. The molecule has 1 rings (SSSR count). The number of ether oxygens (including phenoxy) is 1. The first-order valence-electron chi connectivity index (χ1n) is 6.85. The van der Waals surface area contributed by atoms with Crippen LogP contribution in [0.4, 0.5) is 5.82 Å². The van der Waals surface area contributed by atoms with E-state index in [4.69, 9.17) is 0 Å². The number of unbranched alkanes of at least 4 members (excludes halogenated alkanes) is 3. The molecule has 1 aromatic heterocycles. The summed E-state index contributed by atoms with van der Waals surface area (Å²) in [5.41, 5.74) is 0. The van der Waals surface area contributed by atoms with Crippen molar-refractivity contribution in [2.24, 2.45) is 0 Å². The average molecular weight is 265 g/mol. The van der Waals surface area contributed by atoms with E-state index in [0.717, 1.165) is 6.42 Å². The first-order chi connectivity index (χ1) is 9.17. The SMILES string of the molecule is CCCCCCC(C)Nc1ccnc(C(=O)OC)n1. The molecule has 1 aromatic rings. The Labute approximate surface area is 114 Å². The van der Waals surface area contributed by atoms with Crippen LogP contribution in [-0.2, 0) is 4.74 Å². The van der Waals surface area contributed by atoms with Crippen molar-refractivity contribution in [2.75, 3.05) is 12.4 Å². The van der Waals surface area contributed by atoms with Crippen molar-refractivity contribution in [1.82, 2.24) is 9.97 Å². The summed E-state index contributed by atoms with van der Waals surface area (Å²) in [7, 11) is 1.32. The van der Waals surface area contributed by atoms with Crippen molar-refractivity contribution in [3.63, 3.8) is 0 Å². The largest absolute Gasteiger partial charge is 0.463 e. The van der Waals surface area contributed by atoms with Gasteiger partial charge < -0.3 is 10.1 Å². The zero-order chi connectivity index (χ0) is 14.1. The molecule has 0 radical (unpaired) electrons. The van der Waals surface area contributed by atoms with Crippen LogP contribution in [0.3, 0.4) is 0 Å². The van der Waals surface area contributed by atoms with Gasteiger partial charge in [-0.15, -0.1) is 0 Å². The van der Waals surface area contributed by atoms with E-state index in [9.17, 15) is 4.79 Å². The van der Waals surface area contributed by atoms with Gasteiger partial charge in [0.25, 0.3) is 0 Å². The van der Waals surface area contributed by atoms with E-state index < -0.39 is 5.97 Å². The summed E-state index contributed by atoms with van der Waals surface area (Å²) in [6.45, 7) is 4.32. The standard InChI is InChI=1S/C14H23N3O2/c1-4-5-6-7-8-11(2)16-12-9-10-15-13(17-12)14(18)19-3/h9-11H,4-8H2,1-3H3,(H,15,16,17). The van der Waals surface area contributed by atoms with E-state index in [-0.39, 0.29) is 5.82 Å². The fraction of sp³-hybridized carbons (Fsp3) is 0.643. The van der Waals surface area contributed by atoms with Gasteiger partial charge in [-0.2, -0.15) is 0 Å². The highest BCUT2D eigenvalue weighted by Crippen LogP contribution is 2.10. The van der Waals surface area contributed by atoms with Crippen LogP contribution in [0.2, 0.25) is 0 Å². The summed E-state index contributed by atoms with van der Waals surface area (Å²) in [6.07, 6.45) is 7.66. The van der Waals surface area contributed by atoms with Gasteiger partial charge in [-0.25, -0.2) is 14.8 Å². The van der Waals surface area contributed by atoms with E-state index in [2.05, 4.69) is 33.9 Å². The third-order valence-electron chi connectivity index (χ3n) is 2.91. The van der Waals surface area contributed by atoms with Crippen molar-refractivity contribution in [3.8, 4) is 0 Å². The highest BCUT2D eigenvalue weighted by Gasteiger charge is 2.10. The number of carbonyl (C=O) groups excluding carboxylic acids is 1. The lowest BCUT2D eigenvalue weighted by Gasteiger charge is -2.14. The predicted molar refractivity (Wildman–Crippen MR) is 75.2 cm³/mol. The van der Waals surface area contributed by atoms with E-state index in [1.54, 1.807) is 12.3 Å². The molecular formula is C14H23N3O2. The number of aromatic nitrogens is 2. The Morgan fingerprint density at radius 1 is 1.42 bits per heavy atom. The number of nitrogens with zero attached hydrogens (tertiary/aromatic N) is 2. The molecule has 5 heteroatoms. The molecule has 0 fully saturated rings. The quantitative estimate of drug-likeness (QED) is 0.578. The highest BCUT2D eigenvalue weighted by atomic mass is 16.5. The first-order valence-corrected chi connectivity index (χ1v) is 6.85. The monoisotopic (exact) mass is 265 g/mol. The van der Waals surface area contributed by atoms with Gasteiger partial charge in [0, 0.05) is 12.2 Å². The van der Waals surface area contributed by atoms with Gasteiger partial charge in [-0.1, -0.05) is 32.6 Å². The lowest BCUT2D eigenvalue weighted by atomic mass is 10.1. The van der Waals surface area contributed by atoms with Gasteiger partial charge in [0.05, 0.1) is 7.11 Å². The number of hydrogen-bond donors (Lipinski definition) is 1. The van der Waals surface area contributed by atoms with E-state index >= 15 is 0 Å². The van der Waals surface area contributed by atoms with Crippen LogP contribution in [0.25, 0.3) is 0 Å². The lowest BCUT2D eigenvalue weighted by molar-refractivity contribution is 0.0587. The van der Waals surface area contributed by atoms with Crippen molar-refractivity contribution in [3.05, 3.63) is 18.1 Å². The maximum atomic E-state index is 11.3. The molecule has 0 aromatic carbocycles. The molecule has 1 N–H and O–H groups in total. The molecule has 0 aliphatic heterocycles. The summed E-state index contributed by atoms with van der Waals surface area (Å²) in [4.78, 5) is 19.3. The highest BCUT2D eigenvalue weighted by molar-refractivity contribution is 5.85. The van der Waals surface area contributed by atoms with Crippen LogP contribution in [0, 0.1) is 0 Å². The van der Waals surface area contributed by atoms with Crippen LogP contribution >= 0.6 is 0 Å². The molecule has 1 unspecified atom stereocenters. The number of carbonyl (C=O) groups is 1. The maximum absolute atomic E-state index is 11.3. The van der Waals surface area contributed by atoms with Crippen LogP contribution in [0.5, 0.6) is 0 Å². The van der Waals surface area contributed by atoms with Gasteiger partial charge >= 0.3 is 5.97 Å². The molecule has 0 bridgehead atoms. The molecular weight excluding hydrogens is 242 g/mol. The third kappa shape index (κ3) is 5.68. The summed E-state index contributed by atoms with van der Waals surface area (Å²) in [5.74, 6) is 0.239. The molecule has 0 amide bonds. The number of rotatable bonds is 8. The van der Waals surface area contributed by atoms with E-state index in [1.807, 2.05) is 0 Å². The van der Waals surface area contributed by atoms with Crippen LogP contribution < -0.4 is 5.32 Å². The minimum absolute atomic E-state index is 0.0886. The number of nitrogens with one attached hydrogen (secondary N) is 1. The molecule has 0 saturated carbocycles. The van der Waals surface area contributed by atoms with Crippen molar-refractivity contribution in [2.45, 2.75) is 52.0 Å². The molecule has 1 heterocycles. The molecule has 106 valence electrons.